The van der Waals surface area contributed by atoms with Crippen molar-refractivity contribution in [3.8, 4) is 5.75 Å². The average molecular weight is 221 g/mol. The highest BCUT2D eigenvalue weighted by Crippen LogP contribution is 2.27. The molecule has 3 nitrogen and oxygen atoms in total. The molecule has 1 atom stereocenters. The van der Waals surface area contributed by atoms with Gasteiger partial charge in [-0.2, -0.15) is 0 Å². The number of para-hydroxylation sites is 1. The Morgan fingerprint density at radius 3 is 2.62 bits per heavy atom. The van der Waals surface area contributed by atoms with Gasteiger partial charge in [0.1, 0.15) is 5.75 Å². The van der Waals surface area contributed by atoms with E-state index in [1.807, 2.05) is 6.07 Å². The monoisotopic (exact) mass is 220 g/mol. The number of halogens is 1. The van der Waals surface area contributed by atoms with Crippen molar-refractivity contribution in [1.29, 1.82) is 0 Å². The quantitative estimate of drug-likeness (QED) is 0.565. The number of alkyl halides is 1. The predicted octanol–water partition coefficient (Wildman–Crippen LogP) is 2.71. The number of hydrogen-bond donors (Lipinski definition) is 0. The minimum atomic E-state index is -2.44. The molecule has 0 N–H and O–H groups in total. The van der Waals surface area contributed by atoms with Gasteiger partial charge in [0.25, 0.3) is 0 Å². The smallest absolute Gasteiger partial charge is 0.367 e. The second kappa shape index (κ2) is 6.03. The zero-order valence-corrected chi connectivity index (χ0v) is 8.66. The van der Waals surface area contributed by atoms with Gasteiger partial charge in [-0.1, -0.05) is 18.2 Å². The Morgan fingerprint density at radius 1 is 1.31 bits per heavy atom. The fourth-order valence-electron chi connectivity index (χ4n) is 0.736. The van der Waals surface area contributed by atoms with Crippen LogP contribution in [0.3, 0.4) is 0 Å². The highest BCUT2D eigenvalue weighted by atomic mass is 35.5. The lowest BCUT2D eigenvalue weighted by atomic mass is 10.3. The Morgan fingerprint density at radius 2 is 2.00 bits per heavy atom. The summed E-state index contributed by atoms with van der Waals surface area (Å²) >= 11 is 5.35. The first-order valence-electron chi connectivity index (χ1n) is 3.78. The summed E-state index contributed by atoms with van der Waals surface area (Å²) < 4.78 is 20.8. The maximum Gasteiger partial charge on any atom is 0.367 e. The maximum absolute atomic E-state index is 11.1. The third-order valence-electron chi connectivity index (χ3n) is 1.24. The van der Waals surface area contributed by atoms with Crippen LogP contribution in [-0.4, -0.2) is 12.5 Å². The van der Waals surface area contributed by atoms with Crippen molar-refractivity contribution in [1.82, 2.24) is 0 Å². The Labute approximate surface area is 82.6 Å². The van der Waals surface area contributed by atoms with E-state index in [0.717, 1.165) is 0 Å². The largest absolute Gasteiger partial charge is 0.426 e. The van der Waals surface area contributed by atoms with Crippen LogP contribution >= 0.6 is 19.9 Å². The van der Waals surface area contributed by atoms with E-state index in [4.69, 9.17) is 20.6 Å². The Hall–Kier alpha value is -0.500. The molecule has 0 bridgehead atoms. The molecule has 0 heterocycles. The summed E-state index contributed by atoms with van der Waals surface area (Å²) in [4.78, 5) is 0. The first-order chi connectivity index (χ1) is 6.33. The fraction of sp³-hybridized carbons (Fsp3) is 0.250. The normalized spacial score (nSPS) is 12.4. The number of rotatable bonds is 5. The van der Waals surface area contributed by atoms with Gasteiger partial charge in [0, 0.05) is 5.88 Å². The predicted molar refractivity (Wildman–Crippen MR) is 52.7 cm³/mol. The van der Waals surface area contributed by atoms with E-state index in [9.17, 15) is 4.57 Å². The lowest BCUT2D eigenvalue weighted by Crippen LogP contribution is -1.90. The molecule has 1 aromatic carbocycles. The molecule has 72 valence electrons. The topological polar surface area (TPSA) is 35.5 Å². The molecule has 0 aromatic heterocycles. The summed E-state index contributed by atoms with van der Waals surface area (Å²) in [7, 11) is -2.44. The minimum absolute atomic E-state index is 0.242. The van der Waals surface area contributed by atoms with Crippen molar-refractivity contribution in [3.63, 3.8) is 0 Å². The van der Waals surface area contributed by atoms with Crippen LogP contribution < -0.4 is 4.52 Å². The van der Waals surface area contributed by atoms with Gasteiger partial charge < -0.3 is 9.05 Å². The van der Waals surface area contributed by atoms with Gasteiger partial charge in [-0.3, -0.25) is 0 Å². The van der Waals surface area contributed by atoms with E-state index < -0.39 is 8.25 Å². The van der Waals surface area contributed by atoms with Gasteiger partial charge in [-0.25, -0.2) is 4.57 Å². The van der Waals surface area contributed by atoms with Crippen LogP contribution in [0.5, 0.6) is 5.75 Å². The lowest BCUT2D eigenvalue weighted by Gasteiger charge is -2.04. The van der Waals surface area contributed by atoms with Crippen LogP contribution in [0.25, 0.3) is 0 Å². The molecular weight excluding hydrogens is 211 g/mol. The van der Waals surface area contributed by atoms with Gasteiger partial charge in [-0.05, 0) is 12.1 Å². The molecular formula is C8H10ClO3P. The third-order valence-corrected chi connectivity index (χ3v) is 2.24. The van der Waals surface area contributed by atoms with Gasteiger partial charge in [0.15, 0.2) is 0 Å². The zero-order chi connectivity index (χ0) is 9.52. The molecule has 0 aliphatic heterocycles. The molecule has 0 saturated heterocycles. The van der Waals surface area contributed by atoms with Crippen LogP contribution in [0.1, 0.15) is 0 Å². The standard InChI is InChI=1S/C8H10ClO3P/c9-6-7-11-13(10)12-8-4-2-1-3-5-8/h1-5,13H,6-7H2. The second-order valence-corrected chi connectivity index (χ2v) is 3.57. The highest BCUT2D eigenvalue weighted by Gasteiger charge is 1.99. The molecule has 0 spiro atoms. The summed E-state index contributed by atoms with van der Waals surface area (Å²) in [5.74, 6) is 0.857. The molecule has 5 heteroatoms. The molecule has 0 aliphatic rings. The molecule has 13 heavy (non-hydrogen) atoms. The minimum Gasteiger partial charge on any atom is -0.426 e. The summed E-state index contributed by atoms with van der Waals surface area (Å²) in [6.45, 7) is 0.242. The highest BCUT2D eigenvalue weighted by molar-refractivity contribution is 7.33. The van der Waals surface area contributed by atoms with Crippen molar-refractivity contribution in [2.75, 3.05) is 12.5 Å². The van der Waals surface area contributed by atoms with Gasteiger partial charge in [0.05, 0.1) is 6.61 Å². The first kappa shape index (κ1) is 10.6. The van der Waals surface area contributed by atoms with E-state index in [-0.39, 0.29) is 6.61 Å². The summed E-state index contributed by atoms with van der Waals surface area (Å²) in [6.07, 6.45) is 0. The SMILES string of the molecule is O=[PH](OCCCl)Oc1ccccc1. The molecule has 0 radical (unpaired) electrons. The number of benzene rings is 1. The van der Waals surface area contributed by atoms with Crippen LogP contribution in [0.15, 0.2) is 30.3 Å². The molecule has 0 amide bonds. The Bertz CT molecular complexity index is 265. The maximum atomic E-state index is 11.1. The molecule has 1 aromatic rings. The average Bonchev–Trinajstić information content (AvgIpc) is 2.16. The molecule has 1 unspecified atom stereocenters. The van der Waals surface area contributed by atoms with E-state index >= 15 is 0 Å². The Kier molecular flexibility index (Phi) is 4.91. The molecule has 0 fully saturated rings. The van der Waals surface area contributed by atoms with E-state index in [1.54, 1.807) is 24.3 Å². The van der Waals surface area contributed by atoms with Gasteiger partial charge in [-0.15, -0.1) is 11.6 Å². The fourth-order valence-corrected chi connectivity index (χ4v) is 1.60. The first-order valence-corrected chi connectivity index (χ1v) is 5.54. The third kappa shape index (κ3) is 4.32. The van der Waals surface area contributed by atoms with Crippen LogP contribution in [0.4, 0.5) is 0 Å². The lowest BCUT2D eigenvalue weighted by molar-refractivity contribution is 0.304. The van der Waals surface area contributed by atoms with Crippen molar-refractivity contribution < 1.29 is 13.6 Å². The summed E-state index contributed by atoms with van der Waals surface area (Å²) in [5, 5.41) is 0. The van der Waals surface area contributed by atoms with Crippen molar-refractivity contribution in [3.05, 3.63) is 30.3 Å². The molecule has 1 rings (SSSR count). The van der Waals surface area contributed by atoms with Gasteiger partial charge >= 0.3 is 8.25 Å². The molecule has 0 aliphatic carbocycles. The van der Waals surface area contributed by atoms with Crippen molar-refractivity contribution in [2.45, 2.75) is 0 Å². The van der Waals surface area contributed by atoms with Crippen LogP contribution in [0.2, 0.25) is 0 Å². The van der Waals surface area contributed by atoms with E-state index in [0.29, 0.717) is 11.6 Å². The second-order valence-electron chi connectivity index (χ2n) is 2.20. The number of hydrogen-bond acceptors (Lipinski definition) is 3. The summed E-state index contributed by atoms with van der Waals surface area (Å²) in [5.41, 5.74) is 0. The Balaban J connectivity index is 2.37. The summed E-state index contributed by atoms with van der Waals surface area (Å²) in [6, 6.07) is 8.88. The van der Waals surface area contributed by atoms with E-state index in [2.05, 4.69) is 0 Å². The molecule has 0 saturated carbocycles. The van der Waals surface area contributed by atoms with Gasteiger partial charge in [0.2, 0.25) is 0 Å². The van der Waals surface area contributed by atoms with Crippen LogP contribution in [-0.2, 0) is 9.09 Å². The van der Waals surface area contributed by atoms with Crippen molar-refractivity contribution >= 4 is 19.9 Å². The van der Waals surface area contributed by atoms with Crippen molar-refractivity contribution in [2.24, 2.45) is 0 Å². The van der Waals surface area contributed by atoms with E-state index in [1.165, 1.54) is 0 Å². The zero-order valence-electron chi connectivity index (χ0n) is 6.90. The van der Waals surface area contributed by atoms with Crippen LogP contribution in [0, 0.1) is 0 Å².